The van der Waals surface area contributed by atoms with Gasteiger partial charge in [0, 0.05) is 0 Å². The van der Waals surface area contributed by atoms with Crippen LogP contribution in [-0.2, 0) is 0 Å². The molecule has 0 aliphatic heterocycles. The fourth-order valence-electron chi connectivity index (χ4n) is 0.708. The van der Waals surface area contributed by atoms with Gasteiger partial charge in [0.05, 0.1) is 12.5 Å². The molecule has 0 saturated heterocycles. The molecule has 2 aromatic heterocycles. The summed E-state index contributed by atoms with van der Waals surface area (Å²) < 4.78 is 9.85. The first-order valence-electron chi connectivity index (χ1n) is 2.82. The Morgan fingerprint density at radius 1 is 1.50 bits per heavy atom. The van der Waals surface area contributed by atoms with Gasteiger partial charge in [-0.2, -0.15) is 0 Å². The van der Waals surface area contributed by atoms with Crippen LogP contribution in [0.4, 0.5) is 0 Å². The maximum atomic E-state index is 5.00. The number of oxazole rings is 1. The Labute approximate surface area is 57.3 Å². The number of nitrogens with zero attached hydrogens (tertiary/aromatic N) is 1. The molecular weight excluding hydrogens is 130 g/mol. The van der Waals surface area contributed by atoms with Crippen LogP contribution in [0, 0.1) is 6.26 Å². The first-order valence-corrected chi connectivity index (χ1v) is 2.82. The minimum absolute atomic E-state index is 0.463. The zero-order valence-electron chi connectivity index (χ0n) is 5.07. The summed E-state index contributed by atoms with van der Waals surface area (Å²) in [6.07, 6.45) is 5.50. The van der Waals surface area contributed by atoms with Crippen LogP contribution in [0.25, 0.3) is 11.7 Å². The fraction of sp³-hybridized carbons (Fsp3) is 0. The molecule has 49 valence electrons. The molecule has 2 rings (SSSR count). The van der Waals surface area contributed by atoms with Crippen LogP contribution in [0.2, 0.25) is 0 Å². The lowest BCUT2D eigenvalue weighted by Crippen LogP contribution is -1.68. The predicted octanol–water partition coefficient (Wildman–Crippen LogP) is 1.73. The fourth-order valence-corrected chi connectivity index (χ4v) is 0.708. The molecule has 0 N–H and O–H groups in total. The molecule has 0 saturated carbocycles. The minimum Gasteiger partial charge on any atom is -0.459 e. The van der Waals surface area contributed by atoms with E-state index in [4.69, 9.17) is 8.83 Å². The van der Waals surface area contributed by atoms with E-state index in [0.717, 1.165) is 0 Å². The molecule has 10 heavy (non-hydrogen) atoms. The van der Waals surface area contributed by atoms with E-state index in [1.54, 1.807) is 18.4 Å². The van der Waals surface area contributed by atoms with Gasteiger partial charge in [-0.15, -0.1) is 0 Å². The summed E-state index contributed by atoms with van der Waals surface area (Å²) >= 11 is 0. The normalized spacial score (nSPS) is 10.0. The van der Waals surface area contributed by atoms with Crippen molar-refractivity contribution < 1.29 is 8.83 Å². The van der Waals surface area contributed by atoms with Crippen LogP contribution in [0.15, 0.2) is 33.4 Å². The third kappa shape index (κ3) is 0.719. The van der Waals surface area contributed by atoms with Crippen molar-refractivity contribution in [1.82, 2.24) is 4.98 Å². The van der Waals surface area contributed by atoms with E-state index in [1.165, 1.54) is 6.20 Å². The number of rotatable bonds is 1. The number of furan rings is 1. The zero-order chi connectivity index (χ0) is 6.81. The van der Waals surface area contributed by atoms with Crippen molar-refractivity contribution in [3.8, 4) is 11.7 Å². The van der Waals surface area contributed by atoms with Crippen LogP contribution >= 0.6 is 0 Å². The van der Waals surface area contributed by atoms with Gasteiger partial charge in [0.15, 0.2) is 12.0 Å². The maximum absolute atomic E-state index is 5.00. The van der Waals surface area contributed by atoms with Crippen molar-refractivity contribution in [1.29, 1.82) is 0 Å². The Hall–Kier alpha value is -1.51. The summed E-state index contributed by atoms with van der Waals surface area (Å²) in [4.78, 5) is 3.84. The van der Waals surface area contributed by atoms with E-state index in [9.17, 15) is 0 Å². The summed E-state index contributed by atoms with van der Waals surface area (Å²) in [5.74, 6) is 1.09. The van der Waals surface area contributed by atoms with E-state index < -0.39 is 0 Å². The minimum atomic E-state index is 0.463. The van der Waals surface area contributed by atoms with Crippen LogP contribution in [-0.4, -0.2) is 4.98 Å². The smallest absolute Gasteiger partial charge is 0.263 e. The van der Waals surface area contributed by atoms with Gasteiger partial charge in [0.25, 0.3) is 5.89 Å². The summed E-state index contributed by atoms with van der Waals surface area (Å²) in [5.41, 5.74) is 0. The monoisotopic (exact) mass is 134 g/mol. The third-order valence-corrected chi connectivity index (χ3v) is 1.12. The zero-order valence-corrected chi connectivity index (χ0v) is 5.07. The lowest BCUT2D eigenvalue weighted by molar-refractivity contribution is 0.513. The summed E-state index contributed by atoms with van der Waals surface area (Å²) in [5, 5.41) is 0. The highest BCUT2D eigenvalue weighted by Gasteiger charge is 2.02. The Balaban J connectivity index is 2.48. The van der Waals surface area contributed by atoms with Crippen LogP contribution in [0.5, 0.6) is 0 Å². The summed E-state index contributed by atoms with van der Waals surface area (Å²) in [6.45, 7) is 0. The second-order valence-electron chi connectivity index (χ2n) is 1.76. The Morgan fingerprint density at radius 2 is 2.50 bits per heavy atom. The number of aromatic nitrogens is 1. The van der Waals surface area contributed by atoms with Gasteiger partial charge in [-0.05, 0) is 12.1 Å². The molecule has 2 aromatic rings. The van der Waals surface area contributed by atoms with E-state index in [2.05, 4.69) is 11.2 Å². The van der Waals surface area contributed by atoms with Crippen LogP contribution < -0.4 is 0 Å². The SMILES string of the molecule is [c]1cnc(-c2ccco2)o1. The summed E-state index contributed by atoms with van der Waals surface area (Å²) in [7, 11) is 0. The molecule has 0 aromatic carbocycles. The van der Waals surface area contributed by atoms with Crippen molar-refractivity contribution in [2.45, 2.75) is 0 Å². The number of hydrogen-bond donors (Lipinski definition) is 0. The lowest BCUT2D eigenvalue weighted by atomic mass is 10.4. The lowest BCUT2D eigenvalue weighted by Gasteiger charge is -1.82. The Kier molecular flexibility index (Phi) is 1.07. The van der Waals surface area contributed by atoms with Gasteiger partial charge in [0.2, 0.25) is 0 Å². The van der Waals surface area contributed by atoms with Crippen molar-refractivity contribution >= 4 is 0 Å². The topological polar surface area (TPSA) is 39.2 Å². The van der Waals surface area contributed by atoms with Crippen molar-refractivity contribution in [3.63, 3.8) is 0 Å². The largest absolute Gasteiger partial charge is 0.459 e. The van der Waals surface area contributed by atoms with Crippen molar-refractivity contribution in [3.05, 3.63) is 30.9 Å². The molecule has 0 fully saturated rings. The highest BCUT2D eigenvalue weighted by molar-refractivity contribution is 5.42. The van der Waals surface area contributed by atoms with Gasteiger partial charge in [-0.1, -0.05) is 0 Å². The molecule has 0 unspecified atom stereocenters. The highest BCUT2D eigenvalue weighted by Crippen LogP contribution is 2.15. The van der Waals surface area contributed by atoms with Crippen molar-refractivity contribution in [2.24, 2.45) is 0 Å². The maximum Gasteiger partial charge on any atom is 0.263 e. The van der Waals surface area contributed by atoms with Gasteiger partial charge in [-0.25, -0.2) is 4.98 Å². The van der Waals surface area contributed by atoms with Gasteiger partial charge in [-0.3, -0.25) is 0 Å². The predicted molar refractivity (Wildman–Crippen MR) is 33.0 cm³/mol. The molecule has 0 amide bonds. The average molecular weight is 134 g/mol. The molecule has 0 atom stereocenters. The van der Waals surface area contributed by atoms with Gasteiger partial charge >= 0.3 is 0 Å². The van der Waals surface area contributed by atoms with Gasteiger partial charge < -0.3 is 8.83 Å². The van der Waals surface area contributed by atoms with E-state index in [1.807, 2.05) is 0 Å². The van der Waals surface area contributed by atoms with Crippen LogP contribution in [0.1, 0.15) is 0 Å². The second kappa shape index (κ2) is 2.02. The van der Waals surface area contributed by atoms with E-state index in [0.29, 0.717) is 11.7 Å². The standard InChI is InChI=1S/C7H4NO2/c1-2-6(9-4-1)7-8-3-5-10-7/h1-4H. The summed E-state index contributed by atoms with van der Waals surface area (Å²) in [6, 6.07) is 3.55. The molecule has 0 bridgehead atoms. The molecule has 2 heterocycles. The quantitative estimate of drug-likeness (QED) is 0.596. The molecule has 0 aliphatic rings. The van der Waals surface area contributed by atoms with E-state index >= 15 is 0 Å². The molecule has 0 spiro atoms. The Morgan fingerprint density at radius 3 is 3.10 bits per heavy atom. The van der Waals surface area contributed by atoms with E-state index in [-0.39, 0.29) is 0 Å². The second-order valence-corrected chi connectivity index (χ2v) is 1.76. The first-order chi connectivity index (χ1) is 4.97. The molecule has 3 heteroatoms. The highest BCUT2D eigenvalue weighted by atomic mass is 16.4. The first kappa shape index (κ1) is 5.29. The molecule has 3 nitrogen and oxygen atoms in total. The molecular formula is C7H4NO2. The number of hydrogen-bond acceptors (Lipinski definition) is 3. The Bertz CT molecular complexity index is 251. The van der Waals surface area contributed by atoms with Crippen LogP contribution in [0.3, 0.4) is 0 Å². The van der Waals surface area contributed by atoms with Crippen molar-refractivity contribution in [2.75, 3.05) is 0 Å². The average Bonchev–Trinajstić information content (AvgIpc) is 2.59. The van der Waals surface area contributed by atoms with Gasteiger partial charge in [0.1, 0.15) is 0 Å². The molecule has 1 radical (unpaired) electrons. The molecule has 0 aliphatic carbocycles. The third-order valence-electron chi connectivity index (χ3n) is 1.12.